The van der Waals surface area contributed by atoms with Crippen LogP contribution in [0.5, 0.6) is 0 Å². The molecule has 0 unspecified atom stereocenters. The molecule has 3 aliphatic rings. The van der Waals surface area contributed by atoms with Crippen molar-refractivity contribution in [3.05, 3.63) is 47.2 Å². The number of benzene rings is 1. The van der Waals surface area contributed by atoms with Crippen LogP contribution in [0.15, 0.2) is 30.3 Å². The van der Waals surface area contributed by atoms with Gasteiger partial charge in [0, 0.05) is 24.6 Å². The Hall–Kier alpha value is -2.14. The van der Waals surface area contributed by atoms with Gasteiger partial charge in [-0.3, -0.25) is 0 Å². The number of aromatic nitrogens is 2. The van der Waals surface area contributed by atoms with Gasteiger partial charge in [-0.15, -0.1) is 0 Å². The Bertz CT molecular complexity index is 791. The molecular formula is C21H28N4O. The standard InChI is InChI=1S/C21H28N4O/c1-13(2)18-10-20(24-21(23-18)22-14(3)12-26)25-11-15-8-9-19(25)17-7-5-4-6-16(15)17/h4-7,10,13-15,19,26H,8-9,11-12H2,1-3H3,(H,22,23,24)/t14-,15-,19+/m1/s1. The van der Waals surface area contributed by atoms with Crippen molar-refractivity contribution in [2.75, 3.05) is 23.4 Å². The van der Waals surface area contributed by atoms with Crippen molar-refractivity contribution >= 4 is 11.8 Å². The van der Waals surface area contributed by atoms with Crippen molar-refractivity contribution in [3.8, 4) is 0 Å². The first-order chi connectivity index (χ1) is 12.6. The van der Waals surface area contributed by atoms with Crippen molar-refractivity contribution in [3.63, 3.8) is 0 Å². The van der Waals surface area contributed by atoms with E-state index in [4.69, 9.17) is 4.98 Å². The zero-order chi connectivity index (χ0) is 18.3. The van der Waals surface area contributed by atoms with E-state index in [1.165, 1.54) is 24.0 Å². The molecule has 5 nitrogen and oxygen atoms in total. The average molecular weight is 352 g/mol. The summed E-state index contributed by atoms with van der Waals surface area (Å²) in [6, 6.07) is 11.3. The molecule has 5 heteroatoms. The Balaban J connectivity index is 1.72. The fourth-order valence-corrected chi connectivity index (χ4v) is 4.21. The summed E-state index contributed by atoms with van der Waals surface area (Å²) >= 11 is 0. The van der Waals surface area contributed by atoms with Crippen molar-refractivity contribution in [1.29, 1.82) is 0 Å². The second kappa shape index (κ2) is 6.88. The number of nitrogens with one attached hydrogen (secondary N) is 1. The molecule has 3 heterocycles. The van der Waals surface area contributed by atoms with Gasteiger partial charge in [0.25, 0.3) is 0 Å². The molecule has 138 valence electrons. The van der Waals surface area contributed by atoms with E-state index in [0.717, 1.165) is 18.1 Å². The van der Waals surface area contributed by atoms with Crippen LogP contribution in [0.3, 0.4) is 0 Å². The summed E-state index contributed by atoms with van der Waals surface area (Å²) in [5.41, 5.74) is 4.01. The molecular weight excluding hydrogens is 324 g/mol. The topological polar surface area (TPSA) is 61.3 Å². The van der Waals surface area contributed by atoms with Gasteiger partial charge in [0.05, 0.1) is 18.3 Å². The minimum atomic E-state index is -0.0659. The first-order valence-corrected chi connectivity index (χ1v) is 9.68. The molecule has 1 aromatic heterocycles. The van der Waals surface area contributed by atoms with Gasteiger partial charge in [-0.25, -0.2) is 4.98 Å². The first-order valence-electron chi connectivity index (χ1n) is 9.68. The van der Waals surface area contributed by atoms with Crippen LogP contribution in [0, 0.1) is 0 Å². The lowest BCUT2D eigenvalue weighted by atomic mass is 9.75. The van der Waals surface area contributed by atoms with E-state index in [-0.39, 0.29) is 12.6 Å². The van der Waals surface area contributed by atoms with Gasteiger partial charge in [0.2, 0.25) is 5.95 Å². The maximum absolute atomic E-state index is 9.36. The monoisotopic (exact) mass is 352 g/mol. The van der Waals surface area contributed by atoms with Crippen LogP contribution < -0.4 is 10.2 Å². The molecule has 0 amide bonds. The first kappa shape index (κ1) is 17.3. The van der Waals surface area contributed by atoms with E-state index in [1.54, 1.807) is 0 Å². The predicted molar refractivity (Wildman–Crippen MR) is 105 cm³/mol. The van der Waals surface area contributed by atoms with E-state index in [2.05, 4.69) is 59.4 Å². The summed E-state index contributed by atoms with van der Waals surface area (Å²) in [4.78, 5) is 11.9. The van der Waals surface area contributed by atoms with E-state index in [1.807, 2.05) is 6.92 Å². The third kappa shape index (κ3) is 3.05. The molecule has 1 aliphatic carbocycles. The Morgan fingerprint density at radius 2 is 1.92 bits per heavy atom. The lowest BCUT2D eigenvalue weighted by Crippen LogP contribution is -2.43. The molecule has 0 spiro atoms. The highest BCUT2D eigenvalue weighted by Gasteiger charge is 2.38. The molecule has 1 fully saturated rings. The second-order valence-corrected chi connectivity index (χ2v) is 7.93. The largest absolute Gasteiger partial charge is 0.394 e. The molecule has 1 aromatic carbocycles. The summed E-state index contributed by atoms with van der Waals surface area (Å²) in [5, 5.41) is 12.6. The van der Waals surface area contributed by atoms with Crippen LogP contribution in [-0.4, -0.2) is 34.3 Å². The number of aliphatic hydroxyl groups excluding tert-OH is 1. The molecule has 5 rings (SSSR count). The Labute approximate surface area is 155 Å². The Morgan fingerprint density at radius 3 is 2.65 bits per heavy atom. The quantitative estimate of drug-likeness (QED) is 0.856. The van der Waals surface area contributed by atoms with Gasteiger partial charge in [0.15, 0.2) is 0 Å². The van der Waals surface area contributed by atoms with Crippen molar-refractivity contribution in [1.82, 2.24) is 9.97 Å². The van der Waals surface area contributed by atoms with E-state index in [0.29, 0.717) is 23.8 Å². The molecule has 2 N–H and O–H groups in total. The molecule has 2 aromatic rings. The number of rotatable bonds is 5. The highest BCUT2D eigenvalue weighted by Crippen LogP contribution is 2.48. The number of aliphatic hydroxyl groups is 1. The SMILES string of the molecule is CC(C)c1cc(N2C[C@H]3CC[C@H]2c2ccccc23)nc(N[C@H](C)CO)n1. The van der Waals surface area contributed by atoms with Crippen LogP contribution >= 0.6 is 0 Å². The Kier molecular flexibility index (Phi) is 4.57. The van der Waals surface area contributed by atoms with Gasteiger partial charge in [-0.05, 0) is 36.8 Å². The number of piperidine rings is 1. The van der Waals surface area contributed by atoms with Crippen molar-refractivity contribution in [2.24, 2.45) is 0 Å². The summed E-state index contributed by atoms with van der Waals surface area (Å²) in [6.45, 7) is 7.33. The molecule has 2 aliphatic heterocycles. The number of nitrogens with zero attached hydrogens (tertiary/aromatic N) is 3. The van der Waals surface area contributed by atoms with Crippen LogP contribution in [0.25, 0.3) is 0 Å². The lowest BCUT2D eigenvalue weighted by molar-refractivity contribution is 0.281. The Morgan fingerprint density at radius 1 is 1.15 bits per heavy atom. The van der Waals surface area contributed by atoms with Crippen molar-refractivity contribution < 1.29 is 5.11 Å². The van der Waals surface area contributed by atoms with Crippen LogP contribution in [0.2, 0.25) is 0 Å². The maximum atomic E-state index is 9.36. The van der Waals surface area contributed by atoms with Gasteiger partial charge < -0.3 is 15.3 Å². The smallest absolute Gasteiger partial charge is 0.225 e. The summed E-state index contributed by atoms with van der Waals surface area (Å²) in [6.07, 6.45) is 2.44. The summed E-state index contributed by atoms with van der Waals surface area (Å²) < 4.78 is 0. The summed E-state index contributed by atoms with van der Waals surface area (Å²) in [7, 11) is 0. The average Bonchev–Trinajstić information content (AvgIpc) is 2.68. The summed E-state index contributed by atoms with van der Waals surface area (Å²) in [5.74, 6) is 2.53. The fourth-order valence-electron chi connectivity index (χ4n) is 4.21. The lowest BCUT2D eigenvalue weighted by Gasteiger charge is -2.47. The molecule has 2 bridgehead atoms. The zero-order valence-electron chi connectivity index (χ0n) is 15.8. The van der Waals surface area contributed by atoms with Crippen molar-refractivity contribution in [2.45, 2.75) is 57.5 Å². The van der Waals surface area contributed by atoms with Gasteiger partial charge in [-0.2, -0.15) is 4.98 Å². The van der Waals surface area contributed by atoms with E-state index < -0.39 is 0 Å². The second-order valence-electron chi connectivity index (χ2n) is 7.93. The number of hydrogen-bond acceptors (Lipinski definition) is 5. The zero-order valence-corrected chi connectivity index (χ0v) is 15.8. The van der Waals surface area contributed by atoms with Gasteiger partial charge in [-0.1, -0.05) is 38.1 Å². The normalized spacial score (nSPS) is 22.4. The highest BCUT2D eigenvalue weighted by molar-refractivity contribution is 5.53. The fraction of sp³-hybridized carbons (Fsp3) is 0.524. The van der Waals surface area contributed by atoms with E-state index >= 15 is 0 Å². The van der Waals surface area contributed by atoms with Crippen LogP contribution in [-0.2, 0) is 0 Å². The third-order valence-electron chi connectivity index (χ3n) is 5.64. The number of hydrogen-bond donors (Lipinski definition) is 2. The third-order valence-corrected chi connectivity index (χ3v) is 5.64. The van der Waals surface area contributed by atoms with Crippen LogP contribution in [0.4, 0.5) is 11.8 Å². The van der Waals surface area contributed by atoms with Gasteiger partial charge >= 0.3 is 0 Å². The van der Waals surface area contributed by atoms with Gasteiger partial charge in [0.1, 0.15) is 5.82 Å². The molecule has 1 saturated heterocycles. The molecule has 3 atom stereocenters. The molecule has 0 saturated carbocycles. The minimum Gasteiger partial charge on any atom is -0.394 e. The molecule has 0 radical (unpaired) electrons. The maximum Gasteiger partial charge on any atom is 0.225 e. The van der Waals surface area contributed by atoms with Crippen LogP contribution in [0.1, 0.15) is 68.3 Å². The number of anilines is 2. The molecule has 26 heavy (non-hydrogen) atoms. The van der Waals surface area contributed by atoms with E-state index in [9.17, 15) is 5.11 Å². The minimum absolute atomic E-state index is 0.0619. The number of fused-ring (bicyclic) bond motifs is 2. The predicted octanol–water partition coefficient (Wildman–Crippen LogP) is 3.83. The highest BCUT2D eigenvalue weighted by atomic mass is 16.3.